The lowest BCUT2D eigenvalue weighted by molar-refractivity contribution is 0.139. The van der Waals surface area contributed by atoms with Gasteiger partial charge in [-0.3, -0.25) is 4.68 Å². The molecular formula is C13H18BN3. The molecular weight excluding hydrogens is 209 g/mol. The summed E-state index contributed by atoms with van der Waals surface area (Å²) in [4.78, 5) is 2.52. The number of nitrogens with zero attached hydrogens (tertiary/aromatic N) is 3. The van der Waals surface area contributed by atoms with Gasteiger partial charge in [0.05, 0.1) is 6.04 Å². The van der Waals surface area contributed by atoms with Gasteiger partial charge in [0, 0.05) is 30.2 Å². The molecule has 4 heteroatoms. The summed E-state index contributed by atoms with van der Waals surface area (Å²) in [5, 5.41) is 4.36. The average Bonchev–Trinajstić information content (AvgIpc) is 2.81. The van der Waals surface area contributed by atoms with Crippen molar-refractivity contribution in [2.24, 2.45) is 0 Å². The Morgan fingerprint density at radius 3 is 2.47 bits per heavy atom. The fraction of sp³-hybridized carbons (Fsp3) is 0.615. The first-order chi connectivity index (χ1) is 8.15. The van der Waals surface area contributed by atoms with Crippen LogP contribution < -0.4 is 5.46 Å². The van der Waals surface area contributed by atoms with Crippen molar-refractivity contribution in [3.05, 3.63) is 24.7 Å². The van der Waals surface area contributed by atoms with Gasteiger partial charge in [0.25, 0.3) is 0 Å². The highest BCUT2D eigenvalue weighted by atomic mass is 15.3. The van der Waals surface area contributed by atoms with Crippen molar-refractivity contribution < 1.29 is 0 Å². The Labute approximate surface area is 104 Å². The third-order valence-electron chi connectivity index (χ3n) is 4.14. The summed E-state index contributed by atoms with van der Waals surface area (Å²) >= 11 is 0. The summed E-state index contributed by atoms with van der Waals surface area (Å²) in [5.74, 6) is 0. The predicted octanol–water partition coefficient (Wildman–Crippen LogP) is 1.38. The fourth-order valence-electron chi connectivity index (χ4n) is 3.54. The quantitative estimate of drug-likeness (QED) is 0.711. The second-order valence-corrected chi connectivity index (χ2v) is 5.41. The zero-order valence-electron chi connectivity index (χ0n) is 10.3. The van der Waals surface area contributed by atoms with Gasteiger partial charge >= 0.3 is 0 Å². The molecule has 2 radical (unpaired) electrons. The van der Waals surface area contributed by atoms with E-state index in [0.29, 0.717) is 18.1 Å². The van der Waals surface area contributed by atoms with Crippen molar-refractivity contribution in [3.8, 4) is 0 Å². The summed E-state index contributed by atoms with van der Waals surface area (Å²) in [6.45, 7) is 6.23. The van der Waals surface area contributed by atoms with Gasteiger partial charge in [0.2, 0.25) is 0 Å². The molecule has 2 aliphatic rings. The van der Waals surface area contributed by atoms with E-state index in [4.69, 9.17) is 7.85 Å². The summed E-state index contributed by atoms with van der Waals surface area (Å²) in [6.07, 6.45) is 8.64. The smallest absolute Gasteiger partial charge is 0.118 e. The lowest BCUT2D eigenvalue weighted by Crippen LogP contribution is -2.42. The molecule has 0 spiro atoms. The number of hydrogen-bond donors (Lipinski definition) is 0. The topological polar surface area (TPSA) is 21.1 Å². The molecule has 2 bridgehead atoms. The molecule has 17 heavy (non-hydrogen) atoms. The van der Waals surface area contributed by atoms with Gasteiger partial charge in [0.15, 0.2) is 0 Å². The molecule has 0 amide bonds. The van der Waals surface area contributed by atoms with Gasteiger partial charge in [0.1, 0.15) is 7.85 Å². The van der Waals surface area contributed by atoms with Crippen molar-refractivity contribution in [1.29, 1.82) is 0 Å². The minimum absolute atomic E-state index is 0.514. The maximum absolute atomic E-state index is 5.74. The summed E-state index contributed by atoms with van der Waals surface area (Å²) in [6, 6.07) is 1.82. The molecule has 0 aromatic carbocycles. The molecule has 0 aliphatic carbocycles. The highest BCUT2D eigenvalue weighted by Crippen LogP contribution is 2.42. The Bertz CT molecular complexity index is 426. The van der Waals surface area contributed by atoms with Crippen molar-refractivity contribution in [3.63, 3.8) is 0 Å². The summed E-state index contributed by atoms with van der Waals surface area (Å²) < 4.78 is 2.05. The van der Waals surface area contributed by atoms with E-state index < -0.39 is 0 Å². The van der Waals surface area contributed by atoms with Gasteiger partial charge in [-0.25, -0.2) is 0 Å². The SMILES string of the molecule is [B]c1cnn(C2CC3CCC(C2)N3C(=C)C)c1. The van der Waals surface area contributed by atoms with Crippen molar-refractivity contribution in [2.45, 2.75) is 50.7 Å². The van der Waals surface area contributed by atoms with Crippen LogP contribution in [0.5, 0.6) is 0 Å². The third-order valence-corrected chi connectivity index (χ3v) is 4.14. The van der Waals surface area contributed by atoms with E-state index in [1.807, 2.05) is 6.20 Å². The Hall–Kier alpha value is -1.19. The molecule has 88 valence electrons. The average molecular weight is 227 g/mol. The van der Waals surface area contributed by atoms with Crippen molar-refractivity contribution >= 4 is 13.3 Å². The second-order valence-electron chi connectivity index (χ2n) is 5.41. The minimum atomic E-state index is 0.514. The number of rotatable bonds is 2. The molecule has 2 unspecified atom stereocenters. The molecule has 1 aromatic heterocycles. The van der Waals surface area contributed by atoms with Gasteiger partial charge in [-0.1, -0.05) is 12.0 Å². The first-order valence-electron chi connectivity index (χ1n) is 6.38. The van der Waals surface area contributed by atoms with Crippen LogP contribution >= 0.6 is 0 Å². The third kappa shape index (κ3) is 1.80. The Kier molecular flexibility index (Phi) is 2.53. The van der Waals surface area contributed by atoms with Gasteiger partial charge in [-0.2, -0.15) is 5.10 Å². The minimum Gasteiger partial charge on any atom is -0.369 e. The monoisotopic (exact) mass is 227 g/mol. The summed E-state index contributed by atoms with van der Waals surface area (Å²) in [5.41, 5.74) is 1.98. The van der Waals surface area contributed by atoms with Crippen LogP contribution in [0.4, 0.5) is 0 Å². The van der Waals surface area contributed by atoms with Crippen LogP contribution in [0, 0.1) is 0 Å². The summed E-state index contributed by atoms with van der Waals surface area (Å²) in [7, 11) is 5.74. The lowest BCUT2D eigenvalue weighted by atomic mass is 9.96. The number of hydrogen-bond acceptors (Lipinski definition) is 2. The number of piperidine rings is 1. The second kappa shape index (κ2) is 3.93. The maximum Gasteiger partial charge on any atom is 0.118 e. The van der Waals surface area contributed by atoms with Crippen molar-refractivity contribution in [2.75, 3.05) is 0 Å². The number of aromatic nitrogens is 2. The zero-order chi connectivity index (χ0) is 12.0. The molecule has 0 N–H and O–H groups in total. The van der Waals surface area contributed by atoms with E-state index in [2.05, 4.69) is 28.2 Å². The number of fused-ring (bicyclic) bond motifs is 2. The van der Waals surface area contributed by atoms with E-state index in [1.165, 1.54) is 31.4 Å². The zero-order valence-corrected chi connectivity index (χ0v) is 10.3. The van der Waals surface area contributed by atoms with Gasteiger partial charge < -0.3 is 4.90 Å². The first kappa shape index (κ1) is 10.9. The van der Waals surface area contributed by atoms with Gasteiger partial charge in [-0.15, -0.1) is 0 Å². The molecule has 2 saturated heterocycles. The number of allylic oxidation sites excluding steroid dienone is 1. The van der Waals surface area contributed by atoms with E-state index in [1.54, 1.807) is 6.20 Å². The first-order valence-corrected chi connectivity index (χ1v) is 6.38. The van der Waals surface area contributed by atoms with E-state index in [-0.39, 0.29) is 0 Å². The molecule has 0 saturated carbocycles. The van der Waals surface area contributed by atoms with E-state index in [9.17, 15) is 0 Å². The molecule has 3 rings (SSSR count). The van der Waals surface area contributed by atoms with Crippen LogP contribution in [0.15, 0.2) is 24.7 Å². The molecule has 2 atom stereocenters. The van der Waals surface area contributed by atoms with E-state index >= 15 is 0 Å². The molecule has 1 aromatic rings. The predicted molar refractivity (Wildman–Crippen MR) is 69.3 cm³/mol. The largest absolute Gasteiger partial charge is 0.369 e. The van der Waals surface area contributed by atoms with Gasteiger partial charge in [-0.05, 0) is 32.6 Å². The highest BCUT2D eigenvalue weighted by molar-refractivity contribution is 6.31. The van der Waals surface area contributed by atoms with Crippen LogP contribution in [0.3, 0.4) is 0 Å². The van der Waals surface area contributed by atoms with E-state index in [0.717, 1.165) is 5.46 Å². The molecule has 2 aliphatic heterocycles. The molecule has 3 heterocycles. The Morgan fingerprint density at radius 1 is 1.35 bits per heavy atom. The normalized spacial score (nSPS) is 31.8. The standard InChI is InChI=1S/C13H18BN3/c1-9(2)17-11-3-4-12(17)6-13(5-11)16-8-10(14)7-15-16/h7-8,11-13H,1,3-6H2,2H3. The van der Waals surface area contributed by atoms with Crippen LogP contribution in [0.2, 0.25) is 0 Å². The van der Waals surface area contributed by atoms with Crippen LogP contribution in [-0.4, -0.2) is 34.6 Å². The van der Waals surface area contributed by atoms with Crippen LogP contribution in [-0.2, 0) is 0 Å². The van der Waals surface area contributed by atoms with Crippen LogP contribution in [0.25, 0.3) is 0 Å². The lowest BCUT2D eigenvalue weighted by Gasteiger charge is -2.40. The van der Waals surface area contributed by atoms with Crippen molar-refractivity contribution in [1.82, 2.24) is 14.7 Å². The highest BCUT2D eigenvalue weighted by Gasteiger charge is 2.41. The van der Waals surface area contributed by atoms with Crippen LogP contribution in [0.1, 0.15) is 38.6 Å². The molecule has 3 nitrogen and oxygen atoms in total. The Morgan fingerprint density at radius 2 is 2.00 bits per heavy atom. The Balaban J connectivity index is 1.80. The fourth-order valence-corrected chi connectivity index (χ4v) is 3.54. The molecule has 2 fully saturated rings. The maximum atomic E-state index is 5.74.